The molecule has 0 saturated heterocycles. The van der Waals surface area contributed by atoms with Gasteiger partial charge in [0.15, 0.2) is 0 Å². The molecule has 1 aromatic heterocycles. The van der Waals surface area contributed by atoms with Gasteiger partial charge in [-0.05, 0) is 0 Å². The number of carbonyl (C=O) groups excluding carboxylic acids is 1. The molecule has 0 bridgehead atoms. The van der Waals surface area contributed by atoms with Gasteiger partial charge in [-0.2, -0.15) is 0 Å². The van der Waals surface area contributed by atoms with Crippen LogP contribution in [0.15, 0.2) is 12.5 Å². The molecule has 4 nitrogen and oxygen atoms in total. The second-order valence-electron chi connectivity index (χ2n) is 2.68. The van der Waals surface area contributed by atoms with Gasteiger partial charge in [0.1, 0.15) is 6.67 Å². The normalized spacial score (nSPS) is 10.0. The summed E-state index contributed by atoms with van der Waals surface area (Å²) >= 11 is 0. The van der Waals surface area contributed by atoms with Crippen LogP contribution in [0, 0.1) is 0 Å². The largest absolute Gasteiger partial charge is 0.351 e. The van der Waals surface area contributed by atoms with Gasteiger partial charge in [-0.1, -0.05) is 0 Å². The van der Waals surface area contributed by atoms with E-state index in [0.29, 0.717) is 6.54 Å². The van der Waals surface area contributed by atoms with Crippen molar-refractivity contribution in [3.63, 3.8) is 0 Å². The van der Waals surface area contributed by atoms with Crippen molar-refractivity contribution >= 4 is 5.91 Å². The molecule has 5 heteroatoms. The molecule has 0 aliphatic rings. The highest BCUT2D eigenvalue weighted by Gasteiger charge is 2.01. The van der Waals surface area contributed by atoms with Crippen LogP contribution in [0.4, 0.5) is 4.39 Å². The van der Waals surface area contributed by atoms with Gasteiger partial charge in [-0.3, -0.25) is 4.79 Å². The van der Waals surface area contributed by atoms with Crippen molar-refractivity contribution < 1.29 is 9.18 Å². The van der Waals surface area contributed by atoms with E-state index in [1.54, 1.807) is 17.1 Å². The van der Waals surface area contributed by atoms with E-state index in [4.69, 9.17) is 0 Å². The van der Waals surface area contributed by atoms with E-state index in [9.17, 15) is 9.18 Å². The molecule has 1 rings (SSSR count). The van der Waals surface area contributed by atoms with Gasteiger partial charge in [-0.15, -0.1) is 0 Å². The maximum atomic E-state index is 12.0. The zero-order chi connectivity index (χ0) is 9.68. The summed E-state index contributed by atoms with van der Waals surface area (Å²) in [7, 11) is 0. The van der Waals surface area contributed by atoms with Gasteiger partial charge in [-0.25, -0.2) is 9.37 Å². The maximum absolute atomic E-state index is 12.0. The minimum Gasteiger partial charge on any atom is -0.351 e. The molecule has 1 amide bonds. The standard InChI is InChI=1S/C8H12FN3O/c1-7(13)11-5-8-4-10-6-12(8)3-2-9/h4,6H,2-3,5H2,1H3,(H,11,13). The number of nitrogens with zero attached hydrogens (tertiary/aromatic N) is 2. The van der Waals surface area contributed by atoms with E-state index in [1.165, 1.54) is 6.92 Å². The molecule has 1 aromatic rings. The van der Waals surface area contributed by atoms with Crippen molar-refractivity contribution in [2.75, 3.05) is 6.67 Å². The lowest BCUT2D eigenvalue weighted by molar-refractivity contribution is -0.119. The highest BCUT2D eigenvalue weighted by Crippen LogP contribution is 1.98. The third kappa shape index (κ3) is 2.85. The number of halogens is 1. The summed E-state index contributed by atoms with van der Waals surface area (Å²) in [6.45, 7) is 1.70. The van der Waals surface area contributed by atoms with Crippen LogP contribution in [0.5, 0.6) is 0 Å². The molecule has 13 heavy (non-hydrogen) atoms. The fourth-order valence-corrected chi connectivity index (χ4v) is 1.00. The van der Waals surface area contributed by atoms with Gasteiger partial charge in [0.25, 0.3) is 0 Å². The Morgan fingerprint density at radius 2 is 2.54 bits per heavy atom. The van der Waals surface area contributed by atoms with E-state index in [0.717, 1.165) is 5.69 Å². The number of imidazole rings is 1. The minimum absolute atomic E-state index is 0.104. The highest BCUT2D eigenvalue weighted by atomic mass is 19.1. The third-order valence-electron chi connectivity index (χ3n) is 1.64. The SMILES string of the molecule is CC(=O)NCc1cncn1CCF. The van der Waals surface area contributed by atoms with Gasteiger partial charge in [0.05, 0.1) is 25.1 Å². The number of alkyl halides is 1. The zero-order valence-electron chi connectivity index (χ0n) is 7.46. The van der Waals surface area contributed by atoms with Gasteiger partial charge in [0, 0.05) is 13.1 Å². The third-order valence-corrected chi connectivity index (χ3v) is 1.64. The highest BCUT2D eigenvalue weighted by molar-refractivity contribution is 5.72. The number of rotatable bonds is 4. The Bertz CT molecular complexity index is 285. The van der Waals surface area contributed by atoms with Crippen molar-refractivity contribution in [1.29, 1.82) is 0 Å². The summed E-state index contributed by atoms with van der Waals surface area (Å²) in [4.78, 5) is 14.5. The lowest BCUT2D eigenvalue weighted by atomic mass is 10.4. The molecule has 0 fully saturated rings. The van der Waals surface area contributed by atoms with Crippen LogP contribution in [0.25, 0.3) is 0 Å². The second-order valence-corrected chi connectivity index (χ2v) is 2.68. The average Bonchev–Trinajstić information content (AvgIpc) is 2.49. The van der Waals surface area contributed by atoms with Crippen molar-refractivity contribution in [2.45, 2.75) is 20.0 Å². The molecule has 0 atom stereocenters. The molecule has 1 N–H and O–H groups in total. The first kappa shape index (κ1) is 9.70. The molecule has 0 radical (unpaired) electrons. The van der Waals surface area contributed by atoms with Crippen LogP contribution in [0.2, 0.25) is 0 Å². The topological polar surface area (TPSA) is 46.9 Å². The molecule has 0 aromatic carbocycles. The van der Waals surface area contributed by atoms with Crippen molar-refractivity contribution in [1.82, 2.24) is 14.9 Å². The predicted octanol–water partition coefficient (Wildman–Crippen LogP) is 0.489. The van der Waals surface area contributed by atoms with E-state index in [1.807, 2.05) is 0 Å². The molecule has 72 valence electrons. The summed E-state index contributed by atoms with van der Waals surface area (Å²) < 4.78 is 13.7. The lowest BCUT2D eigenvalue weighted by Crippen LogP contribution is -2.21. The molecule has 1 heterocycles. The van der Waals surface area contributed by atoms with Crippen LogP contribution in [-0.4, -0.2) is 22.1 Å². The molecular formula is C8H12FN3O. The van der Waals surface area contributed by atoms with Crippen molar-refractivity contribution in [2.24, 2.45) is 0 Å². The van der Waals surface area contributed by atoms with Gasteiger partial charge in [0.2, 0.25) is 5.91 Å². The Morgan fingerprint density at radius 3 is 3.15 bits per heavy atom. The van der Waals surface area contributed by atoms with Crippen molar-refractivity contribution in [3.8, 4) is 0 Å². The van der Waals surface area contributed by atoms with Crippen LogP contribution in [0.3, 0.4) is 0 Å². The molecule has 0 aliphatic carbocycles. The van der Waals surface area contributed by atoms with E-state index >= 15 is 0 Å². The number of hydrogen-bond acceptors (Lipinski definition) is 2. The van der Waals surface area contributed by atoms with Crippen LogP contribution >= 0.6 is 0 Å². The Labute approximate surface area is 75.8 Å². The van der Waals surface area contributed by atoms with Crippen LogP contribution < -0.4 is 5.32 Å². The van der Waals surface area contributed by atoms with Gasteiger partial charge >= 0.3 is 0 Å². The Kier molecular flexibility index (Phi) is 3.42. The summed E-state index contributed by atoms with van der Waals surface area (Å²) in [6.07, 6.45) is 3.17. The average molecular weight is 185 g/mol. The number of hydrogen-bond donors (Lipinski definition) is 1. The maximum Gasteiger partial charge on any atom is 0.217 e. The molecular weight excluding hydrogens is 173 g/mol. The summed E-state index contributed by atoms with van der Waals surface area (Å²) in [5, 5.41) is 2.62. The number of carbonyl (C=O) groups is 1. The zero-order valence-corrected chi connectivity index (χ0v) is 7.46. The van der Waals surface area contributed by atoms with Gasteiger partial charge < -0.3 is 9.88 Å². The number of aryl methyl sites for hydroxylation is 1. The first-order valence-electron chi connectivity index (χ1n) is 4.03. The first-order valence-corrected chi connectivity index (χ1v) is 4.03. The quantitative estimate of drug-likeness (QED) is 0.742. The van der Waals surface area contributed by atoms with Crippen LogP contribution in [-0.2, 0) is 17.9 Å². The van der Waals surface area contributed by atoms with Crippen LogP contribution in [0.1, 0.15) is 12.6 Å². The Hall–Kier alpha value is -1.39. The smallest absolute Gasteiger partial charge is 0.217 e. The van der Waals surface area contributed by atoms with E-state index in [2.05, 4.69) is 10.3 Å². The second kappa shape index (κ2) is 4.59. The monoisotopic (exact) mass is 185 g/mol. The minimum atomic E-state index is -0.427. The Balaban J connectivity index is 2.54. The summed E-state index contributed by atoms with van der Waals surface area (Å²) in [5.74, 6) is -0.104. The number of amides is 1. The Morgan fingerprint density at radius 1 is 1.77 bits per heavy atom. The van der Waals surface area contributed by atoms with E-state index < -0.39 is 6.67 Å². The van der Waals surface area contributed by atoms with E-state index in [-0.39, 0.29) is 12.5 Å². The fraction of sp³-hybridized carbons (Fsp3) is 0.500. The fourth-order valence-electron chi connectivity index (χ4n) is 1.00. The molecule has 0 aliphatic heterocycles. The summed E-state index contributed by atoms with van der Waals surface area (Å²) in [6, 6.07) is 0. The predicted molar refractivity (Wildman–Crippen MR) is 45.7 cm³/mol. The summed E-state index contributed by atoms with van der Waals surface area (Å²) in [5.41, 5.74) is 0.813. The first-order chi connectivity index (χ1) is 6.24. The molecule has 0 saturated carbocycles. The molecule has 0 spiro atoms. The lowest BCUT2D eigenvalue weighted by Gasteiger charge is -2.05. The molecule has 0 unspecified atom stereocenters. The van der Waals surface area contributed by atoms with Crippen molar-refractivity contribution in [3.05, 3.63) is 18.2 Å². The number of aromatic nitrogens is 2. The number of nitrogens with one attached hydrogen (secondary N) is 1.